The summed E-state index contributed by atoms with van der Waals surface area (Å²) < 4.78 is 7.06. The van der Waals surface area contributed by atoms with Gasteiger partial charge in [-0.25, -0.2) is 0 Å². The van der Waals surface area contributed by atoms with Gasteiger partial charge in [0.2, 0.25) is 0 Å². The predicted octanol–water partition coefficient (Wildman–Crippen LogP) is 6.14. The number of ether oxygens (including phenoxy) is 1. The quantitative estimate of drug-likeness (QED) is 0.330. The third-order valence-corrected chi connectivity index (χ3v) is 7.88. The molecule has 6 heteroatoms. The number of amides is 2. The monoisotopic (exact) mass is 580 g/mol. The minimum atomic E-state index is -0.00248. The molecule has 0 unspecified atom stereocenters. The van der Waals surface area contributed by atoms with E-state index >= 15 is 0 Å². The first-order valence-corrected chi connectivity index (χ1v) is 13.2. The Morgan fingerprint density at radius 3 is 2.57 bits per heavy atom. The number of hydrogen-bond acceptors (Lipinski definition) is 3. The van der Waals surface area contributed by atoms with Gasteiger partial charge >= 0.3 is 0 Å². The lowest BCUT2D eigenvalue weighted by Gasteiger charge is -2.23. The fraction of sp³-hybridized carbons (Fsp3) is 0.310. The average Bonchev–Trinajstić information content (AvgIpc) is 3.51. The van der Waals surface area contributed by atoms with E-state index in [9.17, 15) is 9.59 Å². The van der Waals surface area contributed by atoms with Gasteiger partial charge < -0.3 is 14.5 Å². The Labute approximate surface area is 220 Å². The van der Waals surface area contributed by atoms with Crippen molar-refractivity contribution in [3.05, 3.63) is 86.5 Å². The van der Waals surface area contributed by atoms with Gasteiger partial charge in [-0.1, -0.05) is 37.1 Å². The number of rotatable bonds is 6. The summed E-state index contributed by atoms with van der Waals surface area (Å²) in [7, 11) is 3.54. The smallest absolute Gasteiger partial charge is 0.254 e. The first-order valence-electron chi connectivity index (χ1n) is 12.1. The van der Waals surface area contributed by atoms with Gasteiger partial charge in [0, 0.05) is 35.8 Å². The lowest BCUT2D eigenvalue weighted by atomic mass is 10.0. The molecular formula is C29H29IN2O3. The molecule has 0 aromatic heterocycles. The van der Waals surface area contributed by atoms with Crippen LogP contribution in [0.4, 0.5) is 0 Å². The van der Waals surface area contributed by atoms with Crippen molar-refractivity contribution < 1.29 is 14.3 Å². The highest BCUT2D eigenvalue weighted by atomic mass is 127. The zero-order chi connectivity index (χ0) is 24.5. The fourth-order valence-electron chi connectivity index (χ4n) is 5.04. The SMILES string of the molecule is CN(C)C(=O)c1cc(-c2cccc(COc3ccc4c(c3)CN(C3CCCC3)C4=O)c2)ccc1I. The van der Waals surface area contributed by atoms with Gasteiger partial charge in [-0.3, -0.25) is 9.59 Å². The second kappa shape index (κ2) is 10.0. The maximum absolute atomic E-state index is 12.8. The van der Waals surface area contributed by atoms with Crippen molar-refractivity contribution in [1.82, 2.24) is 9.80 Å². The number of halogens is 1. The maximum Gasteiger partial charge on any atom is 0.254 e. The molecular weight excluding hydrogens is 551 g/mol. The van der Waals surface area contributed by atoms with Crippen molar-refractivity contribution in [2.24, 2.45) is 0 Å². The summed E-state index contributed by atoms with van der Waals surface area (Å²) >= 11 is 2.21. The molecule has 3 aromatic carbocycles. The van der Waals surface area contributed by atoms with Gasteiger partial charge in [-0.2, -0.15) is 0 Å². The van der Waals surface area contributed by atoms with Crippen molar-refractivity contribution in [2.75, 3.05) is 14.1 Å². The Kier molecular flexibility index (Phi) is 6.82. The number of carbonyl (C=O) groups excluding carboxylic acids is 2. The van der Waals surface area contributed by atoms with Crippen molar-refractivity contribution in [3.63, 3.8) is 0 Å². The van der Waals surface area contributed by atoms with Crippen LogP contribution in [-0.4, -0.2) is 41.8 Å². The van der Waals surface area contributed by atoms with E-state index in [1.807, 2.05) is 59.5 Å². The zero-order valence-electron chi connectivity index (χ0n) is 20.1. The molecule has 0 bridgehead atoms. The Bertz CT molecular complexity index is 1280. The topological polar surface area (TPSA) is 49.9 Å². The molecule has 0 saturated heterocycles. The standard InChI is InChI=1S/C29H29IN2O3/c1-31(2)28(33)26-16-21(10-13-27(26)30)20-7-5-6-19(14-20)18-35-24-11-12-25-22(15-24)17-32(29(25)34)23-8-3-4-9-23/h5-7,10-16,23H,3-4,8-9,17-18H2,1-2H3. The highest BCUT2D eigenvalue weighted by Gasteiger charge is 2.34. The second-order valence-electron chi connectivity index (χ2n) is 9.57. The molecule has 2 amide bonds. The largest absolute Gasteiger partial charge is 0.489 e. The van der Waals surface area contributed by atoms with Crippen LogP contribution in [0.3, 0.4) is 0 Å². The summed E-state index contributed by atoms with van der Waals surface area (Å²) in [6.45, 7) is 1.12. The minimum Gasteiger partial charge on any atom is -0.489 e. The Morgan fingerprint density at radius 1 is 1.03 bits per heavy atom. The molecule has 1 aliphatic heterocycles. The lowest BCUT2D eigenvalue weighted by molar-refractivity contribution is 0.0706. The third kappa shape index (κ3) is 4.94. The molecule has 2 aliphatic rings. The Morgan fingerprint density at radius 2 is 1.80 bits per heavy atom. The number of benzene rings is 3. The highest BCUT2D eigenvalue weighted by molar-refractivity contribution is 14.1. The van der Waals surface area contributed by atoms with Gasteiger partial charge in [0.1, 0.15) is 12.4 Å². The van der Waals surface area contributed by atoms with Crippen LogP contribution in [0.5, 0.6) is 5.75 Å². The normalized spacial score (nSPS) is 15.4. The van der Waals surface area contributed by atoms with Crippen LogP contribution < -0.4 is 4.74 Å². The summed E-state index contributed by atoms with van der Waals surface area (Å²) in [6.07, 6.45) is 4.66. The van der Waals surface area contributed by atoms with E-state index in [4.69, 9.17) is 4.74 Å². The van der Waals surface area contributed by atoms with E-state index < -0.39 is 0 Å². The maximum atomic E-state index is 12.8. The zero-order valence-corrected chi connectivity index (χ0v) is 22.2. The summed E-state index contributed by atoms with van der Waals surface area (Å²) in [5.74, 6) is 0.941. The van der Waals surface area contributed by atoms with Gasteiger partial charge in [-0.05, 0) is 94.1 Å². The fourth-order valence-corrected chi connectivity index (χ4v) is 5.60. The predicted molar refractivity (Wildman–Crippen MR) is 146 cm³/mol. The first-order chi connectivity index (χ1) is 16.9. The van der Waals surface area contributed by atoms with Gasteiger partial charge in [0.25, 0.3) is 11.8 Å². The Hall–Kier alpha value is -2.87. The van der Waals surface area contributed by atoms with Gasteiger partial charge in [0.15, 0.2) is 0 Å². The highest BCUT2D eigenvalue weighted by Crippen LogP contribution is 2.33. The Balaban J connectivity index is 1.30. The van der Waals surface area contributed by atoms with Crippen LogP contribution >= 0.6 is 22.6 Å². The molecule has 1 aliphatic carbocycles. The summed E-state index contributed by atoms with van der Waals surface area (Å²) in [6, 6.07) is 20.4. The van der Waals surface area contributed by atoms with Crippen LogP contribution in [0.15, 0.2) is 60.7 Å². The van der Waals surface area contributed by atoms with E-state index in [0.29, 0.717) is 24.8 Å². The number of fused-ring (bicyclic) bond motifs is 1. The number of nitrogens with zero attached hydrogens (tertiary/aromatic N) is 2. The van der Waals surface area contributed by atoms with Crippen LogP contribution in [0.1, 0.15) is 57.5 Å². The number of carbonyl (C=O) groups is 2. The summed E-state index contributed by atoms with van der Waals surface area (Å²) in [5, 5.41) is 0. The van der Waals surface area contributed by atoms with Crippen LogP contribution in [0.2, 0.25) is 0 Å². The summed E-state index contributed by atoms with van der Waals surface area (Å²) in [5.41, 5.74) is 5.67. The molecule has 3 aromatic rings. The third-order valence-electron chi connectivity index (χ3n) is 6.94. The molecule has 1 saturated carbocycles. The molecule has 5 rings (SSSR count). The summed E-state index contributed by atoms with van der Waals surface area (Å²) in [4.78, 5) is 29.0. The van der Waals surface area contributed by atoms with Crippen molar-refractivity contribution in [2.45, 2.75) is 44.9 Å². The van der Waals surface area contributed by atoms with Crippen molar-refractivity contribution >= 4 is 34.4 Å². The number of hydrogen-bond donors (Lipinski definition) is 0. The van der Waals surface area contributed by atoms with E-state index in [2.05, 4.69) is 28.7 Å². The molecule has 0 atom stereocenters. The van der Waals surface area contributed by atoms with E-state index in [-0.39, 0.29) is 11.8 Å². The molecule has 35 heavy (non-hydrogen) atoms. The van der Waals surface area contributed by atoms with Crippen LogP contribution in [-0.2, 0) is 13.2 Å². The molecule has 5 nitrogen and oxygen atoms in total. The van der Waals surface area contributed by atoms with Crippen LogP contribution in [0, 0.1) is 3.57 Å². The van der Waals surface area contributed by atoms with E-state index in [1.54, 1.807) is 19.0 Å². The van der Waals surface area contributed by atoms with Crippen molar-refractivity contribution in [3.8, 4) is 16.9 Å². The molecule has 1 fully saturated rings. The van der Waals surface area contributed by atoms with Gasteiger partial charge in [0.05, 0.1) is 5.56 Å². The minimum absolute atomic E-state index is 0.00248. The van der Waals surface area contributed by atoms with E-state index in [0.717, 1.165) is 50.0 Å². The van der Waals surface area contributed by atoms with Crippen molar-refractivity contribution in [1.29, 1.82) is 0 Å². The second-order valence-corrected chi connectivity index (χ2v) is 10.7. The average molecular weight is 580 g/mol. The molecule has 0 N–H and O–H groups in total. The molecule has 0 spiro atoms. The van der Waals surface area contributed by atoms with Crippen LogP contribution in [0.25, 0.3) is 11.1 Å². The molecule has 1 heterocycles. The van der Waals surface area contributed by atoms with Gasteiger partial charge in [-0.15, -0.1) is 0 Å². The first kappa shape index (κ1) is 23.9. The molecule has 180 valence electrons. The van der Waals surface area contributed by atoms with E-state index in [1.165, 1.54) is 12.8 Å². The lowest BCUT2D eigenvalue weighted by Crippen LogP contribution is -2.33. The molecule has 0 radical (unpaired) electrons.